The van der Waals surface area contributed by atoms with E-state index in [1.807, 2.05) is 0 Å². The van der Waals surface area contributed by atoms with Crippen molar-refractivity contribution >= 4 is 0 Å². The summed E-state index contributed by atoms with van der Waals surface area (Å²) in [6.07, 6.45) is 2.34. The zero-order chi connectivity index (χ0) is 13.1. The summed E-state index contributed by atoms with van der Waals surface area (Å²) in [5, 5.41) is 10.2. The van der Waals surface area contributed by atoms with Crippen LogP contribution in [0, 0.1) is 17.6 Å². The summed E-state index contributed by atoms with van der Waals surface area (Å²) in [5.74, 6) is -0.733. The summed E-state index contributed by atoms with van der Waals surface area (Å²) in [6, 6.07) is 3.20. The molecule has 0 aliphatic heterocycles. The van der Waals surface area contributed by atoms with Gasteiger partial charge in [-0.25, -0.2) is 8.78 Å². The van der Waals surface area contributed by atoms with Crippen LogP contribution in [-0.4, -0.2) is 5.11 Å². The van der Waals surface area contributed by atoms with Crippen LogP contribution in [0.25, 0.3) is 0 Å². The Bertz CT molecular complexity index is 352. The molecule has 1 nitrogen and oxygen atoms in total. The third kappa shape index (κ3) is 4.43. The molecule has 0 radical (unpaired) electrons. The molecule has 17 heavy (non-hydrogen) atoms. The molecule has 0 saturated heterocycles. The van der Waals surface area contributed by atoms with Crippen molar-refractivity contribution in [1.82, 2.24) is 0 Å². The van der Waals surface area contributed by atoms with E-state index in [0.717, 1.165) is 18.9 Å². The molecule has 1 atom stereocenters. The Labute approximate surface area is 101 Å². The number of benzene rings is 1. The van der Waals surface area contributed by atoms with E-state index in [2.05, 4.69) is 13.8 Å². The molecule has 0 aromatic heterocycles. The van der Waals surface area contributed by atoms with E-state index in [1.54, 1.807) is 6.92 Å². The Morgan fingerprint density at radius 3 is 2.18 bits per heavy atom. The van der Waals surface area contributed by atoms with Crippen LogP contribution in [0.2, 0.25) is 0 Å². The van der Waals surface area contributed by atoms with Crippen LogP contribution in [0.3, 0.4) is 0 Å². The number of hydrogen-bond acceptors (Lipinski definition) is 1. The predicted octanol–water partition coefficient (Wildman–Crippen LogP) is 4.00. The number of rotatable bonds is 5. The Morgan fingerprint density at radius 1 is 1.18 bits per heavy atom. The monoisotopic (exact) mass is 242 g/mol. The van der Waals surface area contributed by atoms with Gasteiger partial charge in [-0.1, -0.05) is 20.3 Å². The highest BCUT2D eigenvalue weighted by molar-refractivity contribution is 5.23. The first kappa shape index (κ1) is 14.1. The van der Waals surface area contributed by atoms with Crippen LogP contribution in [0.15, 0.2) is 18.2 Å². The summed E-state index contributed by atoms with van der Waals surface area (Å²) in [7, 11) is 0. The minimum atomic E-state index is -1.17. The second-order valence-electron chi connectivity index (χ2n) is 5.22. The molecule has 0 fully saturated rings. The van der Waals surface area contributed by atoms with Crippen molar-refractivity contribution in [2.45, 2.75) is 45.6 Å². The lowest BCUT2D eigenvalue weighted by Gasteiger charge is -2.24. The average Bonchev–Trinajstić information content (AvgIpc) is 2.14. The van der Waals surface area contributed by atoms with E-state index in [-0.39, 0.29) is 0 Å². The van der Waals surface area contributed by atoms with Crippen LogP contribution < -0.4 is 0 Å². The molecule has 0 bridgehead atoms. The van der Waals surface area contributed by atoms with Gasteiger partial charge in [-0.2, -0.15) is 0 Å². The standard InChI is InChI=1S/C14H20F2O/c1-10(2)5-4-6-14(3,17)11-7-12(15)9-13(16)8-11/h7-10,17H,4-6H2,1-3H3. The molecule has 0 saturated carbocycles. The summed E-state index contributed by atoms with van der Waals surface area (Å²) in [5.41, 5.74) is -0.864. The SMILES string of the molecule is CC(C)CCCC(C)(O)c1cc(F)cc(F)c1. The van der Waals surface area contributed by atoms with E-state index in [9.17, 15) is 13.9 Å². The first-order valence-corrected chi connectivity index (χ1v) is 6.00. The quantitative estimate of drug-likeness (QED) is 0.827. The minimum absolute atomic E-state index is 0.304. The van der Waals surface area contributed by atoms with Gasteiger partial charge in [-0.05, 0) is 43.4 Å². The van der Waals surface area contributed by atoms with E-state index < -0.39 is 17.2 Å². The highest BCUT2D eigenvalue weighted by Crippen LogP contribution is 2.28. The van der Waals surface area contributed by atoms with Crippen LogP contribution in [-0.2, 0) is 5.60 Å². The minimum Gasteiger partial charge on any atom is -0.385 e. The topological polar surface area (TPSA) is 20.2 Å². The van der Waals surface area contributed by atoms with Gasteiger partial charge in [0.25, 0.3) is 0 Å². The zero-order valence-electron chi connectivity index (χ0n) is 10.6. The fraction of sp³-hybridized carbons (Fsp3) is 0.571. The highest BCUT2D eigenvalue weighted by atomic mass is 19.1. The van der Waals surface area contributed by atoms with Gasteiger partial charge in [0.15, 0.2) is 0 Å². The third-order valence-electron chi connectivity index (χ3n) is 2.93. The number of hydrogen-bond donors (Lipinski definition) is 1. The van der Waals surface area contributed by atoms with Crippen LogP contribution in [0.1, 0.15) is 45.6 Å². The highest BCUT2D eigenvalue weighted by Gasteiger charge is 2.23. The first-order valence-electron chi connectivity index (χ1n) is 6.00. The molecule has 1 N–H and O–H groups in total. The Kier molecular flexibility index (Phi) is 4.63. The fourth-order valence-electron chi connectivity index (χ4n) is 1.86. The van der Waals surface area contributed by atoms with Crippen molar-refractivity contribution < 1.29 is 13.9 Å². The largest absolute Gasteiger partial charge is 0.385 e. The molecule has 1 rings (SSSR count). The smallest absolute Gasteiger partial charge is 0.126 e. The molecule has 0 aliphatic carbocycles. The van der Waals surface area contributed by atoms with Crippen LogP contribution in [0.4, 0.5) is 8.78 Å². The lowest BCUT2D eigenvalue weighted by Crippen LogP contribution is -2.21. The summed E-state index contributed by atoms with van der Waals surface area (Å²) in [6.45, 7) is 5.81. The molecule has 1 unspecified atom stereocenters. The summed E-state index contributed by atoms with van der Waals surface area (Å²) < 4.78 is 26.1. The fourth-order valence-corrected chi connectivity index (χ4v) is 1.86. The van der Waals surface area contributed by atoms with Gasteiger partial charge in [-0.15, -0.1) is 0 Å². The van der Waals surface area contributed by atoms with Crippen LogP contribution in [0.5, 0.6) is 0 Å². The second kappa shape index (κ2) is 5.58. The first-order chi connectivity index (χ1) is 7.81. The zero-order valence-corrected chi connectivity index (χ0v) is 10.6. The van der Waals surface area contributed by atoms with Crippen LogP contribution >= 0.6 is 0 Å². The maximum absolute atomic E-state index is 13.1. The molecule has 96 valence electrons. The Morgan fingerprint density at radius 2 is 1.71 bits per heavy atom. The molecular weight excluding hydrogens is 222 g/mol. The van der Waals surface area contributed by atoms with Crippen molar-refractivity contribution in [3.63, 3.8) is 0 Å². The van der Waals surface area contributed by atoms with Gasteiger partial charge in [0, 0.05) is 6.07 Å². The summed E-state index contributed by atoms with van der Waals surface area (Å²) in [4.78, 5) is 0. The van der Waals surface area contributed by atoms with Gasteiger partial charge in [0.05, 0.1) is 5.60 Å². The molecule has 3 heteroatoms. The molecule has 0 aliphatic rings. The maximum Gasteiger partial charge on any atom is 0.126 e. The molecule has 0 amide bonds. The Hall–Kier alpha value is -0.960. The normalized spacial score (nSPS) is 15.0. The van der Waals surface area contributed by atoms with Gasteiger partial charge in [0.1, 0.15) is 11.6 Å². The number of halogens is 2. The molecule has 1 aromatic rings. The summed E-state index contributed by atoms with van der Waals surface area (Å²) >= 11 is 0. The number of aliphatic hydroxyl groups is 1. The lowest BCUT2D eigenvalue weighted by molar-refractivity contribution is 0.0434. The van der Waals surface area contributed by atoms with Gasteiger partial charge in [0.2, 0.25) is 0 Å². The van der Waals surface area contributed by atoms with E-state index >= 15 is 0 Å². The molecule has 1 aromatic carbocycles. The average molecular weight is 242 g/mol. The van der Waals surface area contributed by atoms with Crippen molar-refractivity contribution in [3.05, 3.63) is 35.4 Å². The van der Waals surface area contributed by atoms with E-state index in [4.69, 9.17) is 0 Å². The molecule has 0 spiro atoms. The third-order valence-corrected chi connectivity index (χ3v) is 2.93. The van der Waals surface area contributed by atoms with E-state index in [1.165, 1.54) is 12.1 Å². The van der Waals surface area contributed by atoms with Gasteiger partial charge < -0.3 is 5.11 Å². The van der Waals surface area contributed by atoms with Crippen molar-refractivity contribution in [2.24, 2.45) is 5.92 Å². The van der Waals surface area contributed by atoms with Crippen molar-refractivity contribution in [3.8, 4) is 0 Å². The molecule has 0 heterocycles. The van der Waals surface area contributed by atoms with Crippen molar-refractivity contribution in [1.29, 1.82) is 0 Å². The van der Waals surface area contributed by atoms with Gasteiger partial charge >= 0.3 is 0 Å². The van der Waals surface area contributed by atoms with Crippen molar-refractivity contribution in [2.75, 3.05) is 0 Å². The van der Waals surface area contributed by atoms with Gasteiger partial charge in [-0.3, -0.25) is 0 Å². The predicted molar refractivity (Wildman–Crippen MR) is 64.6 cm³/mol. The molecular formula is C14H20F2O. The second-order valence-corrected chi connectivity index (χ2v) is 5.22. The Balaban J connectivity index is 2.74. The lowest BCUT2D eigenvalue weighted by atomic mass is 9.89. The van der Waals surface area contributed by atoms with E-state index in [0.29, 0.717) is 17.9 Å². The maximum atomic E-state index is 13.1.